The first kappa shape index (κ1) is 23.6. The van der Waals surface area contributed by atoms with Crippen LogP contribution in [0.4, 0.5) is 35.1 Å². The van der Waals surface area contributed by atoms with Gasteiger partial charge in [-0.3, -0.25) is 0 Å². The molecular weight excluding hydrogens is 448 g/mol. The molecule has 10 heteroatoms. The molecule has 0 aliphatic heterocycles. The van der Waals surface area contributed by atoms with E-state index < -0.39 is 83.5 Å². The Morgan fingerprint density at radius 3 is 2.00 bits per heavy atom. The van der Waals surface area contributed by atoms with Crippen LogP contribution in [0.2, 0.25) is 0 Å². The predicted octanol–water partition coefficient (Wildman–Crippen LogP) is 7.15. The number of alkyl halides is 6. The molecule has 0 amide bonds. The third-order valence-electron chi connectivity index (χ3n) is 8.04. The lowest BCUT2D eigenvalue weighted by Gasteiger charge is -2.63. The second-order valence-corrected chi connectivity index (χ2v) is 9.64. The summed E-state index contributed by atoms with van der Waals surface area (Å²) < 4.78 is 123. The summed E-state index contributed by atoms with van der Waals surface area (Å²) in [6, 6.07) is 0.687. The van der Waals surface area contributed by atoms with Crippen molar-refractivity contribution in [3.05, 3.63) is 29.3 Å². The molecule has 4 aliphatic rings. The van der Waals surface area contributed by atoms with Crippen molar-refractivity contribution in [2.75, 3.05) is 0 Å². The number of ether oxygens (including phenoxy) is 1. The maximum absolute atomic E-state index is 15.4. The summed E-state index contributed by atoms with van der Waals surface area (Å²) in [6.07, 6.45) is -5.15. The number of hydrogen-bond donors (Lipinski definition) is 1. The molecule has 4 aliphatic carbocycles. The molecule has 5 rings (SSSR count). The quantitative estimate of drug-likeness (QED) is 0.472. The van der Waals surface area contributed by atoms with E-state index in [4.69, 9.17) is 5.11 Å². The van der Waals surface area contributed by atoms with Crippen LogP contribution >= 0.6 is 0 Å². The highest BCUT2D eigenvalue weighted by Gasteiger charge is 2.84. The molecule has 4 fully saturated rings. The molecule has 0 aromatic heterocycles. The maximum atomic E-state index is 15.4. The summed E-state index contributed by atoms with van der Waals surface area (Å²) in [5.74, 6) is -15.4. The van der Waals surface area contributed by atoms with E-state index >= 15 is 17.6 Å². The number of fused-ring (bicyclic) bond motifs is 3. The maximum Gasteiger partial charge on any atom is 0.387 e. The van der Waals surface area contributed by atoms with E-state index in [-0.39, 0.29) is 6.07 Å². The fourth-order valence-corrected chi connectivity index (χ4v) is 6.03. The van der Waals surface area contributed by atoms with E-state index in [9.17, 15) is 17.6 Å². The van der Waals surface area contributed by atoms with Gasteiger partial charge in [0, 0.05) is 5.41 Å². The Kier molecular flexibility index (Phi) is 5.31. The number of phenolic OH excluding ortho intramolecular Hbond substituents is 1. The monoisotopic (exact) mass is 472 g/mol. The lowest BCUT2D eigenvalue weighted by molar-refractivity contribution is -0.442. The second kappa shape index (κ2) is 7.21. The van der Waals surface area contributed by atoms with Gasteiger partial charge in [0.1, 0.15) is 5.60 Å². The zero-order valence-corrected chi connectivity index (χ0v) is 17.3. The average Bonchev–Trinajstić information content (AvgIpc) is 2.71. The molecule has 0 saturated heterocycles. The lowest BCUT2D eigenvalue weighted by Crippen LogP contribution is -2.75. The Hall–Kier alpha value is -1.58. The number of rotatable bonds is 4. The topological polar surface area (TPSA) is 29.5 Å². The zero-order chi connectivity index (χ0) is 23.7. The third-order valence-corrected chi connectivity index (χ3v) is 8.04. The van der Waals surface area contributed by atoms with E-state index in [1.165, 1.54) is 0 Å². The molecule has 0 spiro atoms. The van der Waals surface area contributed by atoms with Crippen molar-refractivity contribution >= 4 is 0 Å². The summed E-state index contributed by atoms with van der Waals surface area (Å²) in [5.41, 5.74) is -6.98. The molecule has 0 radical (unpaired) electrons. The number of benzene rings is 1. The van der Waals surface area contributed by atoms with Gasteiger partial charge in [-0.05, 0) is 62.5 Å². The summed E-state index contributed by atoms with van der Waals surface area (Å²) in [5, 5.41) is 9.12. The van der Waals surface area contributed by atoms with E-state index in [1.807, 2.05) is 6.92 Å². The molecule has 1 N–H and O–H groups in total. The van der Waals surface area contributed by atoms with Gasteiger partial charge < -0.3 is 9.84 Å². The van der Waals surface area contributed by atoms with Crippen LogP contribution in [-0.4, -0.2) is 22.6 Å². The predicted molar refractivity (Wildman–Crippen MR) is 97.6 cm³/mol. The van der Waals surface area contributed by atoms with Crippen molar-refractivity contribution in [1.82, 2.24) is 0 Å². The van der Waals surface area contributed by atoms with E-state index in [1.54, 1.807) is 0 Å². The summed E-state index contributed by atoms with van der Waals surface area (Å²) in [6.45, 7) is 1.97. The SMILES string of the molecule is CC1CCC(C23CCC(OC(F)(F)c4ccc(O)c(F)c4F)(CC2)C(F)(F)C3(F)F)CC1. The molecule has 0 heterocycles. The van der Waals surface area contributed by atoms with Crippen LogP contribution in [0.25, 0.3) is 0 Å². The van der Waals surface area contributed by atoms with Gasteiger partial charge in [0.05, 0.1) is 5.56 Å². The van der Waals surface area contributed by atoms with Crippen LogP contribution in [0, 0.1) is 28.9 Å². The van der Waals surface area contributed by atoms with Gasteiger partial charge >= 0.3 is 18.0 Å². The molecule has 4 saturated carbocycles. The molecule has 0 atom stereocenters. The normalized spacial score (nSPS) is 36.3. The second-order valence-electron chi connectivity index (χ2n) is 9.64. The van der Waals surface area contributed by atoms with Gasteiger partial charge in [0.2, 0.25) is 5.82 Å². The lowest BCUT2D eigenvalue weighted by atomic mass is 9.48. The molecule has 1 aromatic rings. The van der Waals surface area contributed by atoms with E-state index in [0.717, 1.165) is 0 Å². The molecular formula is C22H24F8O2. The fourth-order valence-electron chi connectivity index (χ4n) is 6.03. The highest BCUT2D eigenvalue weighted by atomic mass is 19.3. The first-order valence-corrected chi connectivity index (χ1v) is 10.7. The Morgan fingerprint density at radius 2 is 1.44 bits per heavy atom. The van der Waals surface area contributed by atoms with Crippen molar-refractivity contribution in [2.24, 2.45) is 17.3 Å². The van der Waals surface area contributed by atoms with Crippen molar-refractivity contribution in [1.29, 1.82) is 0 Å². The van der Waals surface area contributed by atoms with Crippen molar-refractivity contribution in [3.63, 3.8) is 0 Å². The molecule has 2 nitrogen and oxygen atoms in total. The minimum atomic E-state index is -4.94. The zero-order valence-electron chi connectivity index (χ0n) is 17.3. The summed E-state index contributed by atoms with van der Waals surface area (Å²) >= 11 is 0. The van der Waals surface area contributed by atoms with Gasteiger partial charge in [0.15, 0.2) is 11.6 Å². The van der Waals surface area contributed by atoms with Crippen molar-refractivity contribution in [3.8, 4) is 5.75 Å². The standard InChI is InChI=1S/C22H24F8O2/c1-12-2-4-13(5-3-12)18-8-10-19(11-9-18,22(29,30)21(18,27)28)32-20(25,26)14-6-7-15(31)17(24)16(14)23/h6-7,12-13,31H,2-5,8-11H2,1H3. The Bertz CT molecular complexity index is 884. The minimum absolute atomic E-state index is 0.278. The van der Waals surface area contributed by atoms with Crippen LogP contribution in [-0.2, 0) is 10.8 Å². The van der Waals surface area contributed by atoms with Crippen LogP contribution in [0.3, 0.4) is 0 Å². The molecule has 32 heavy (non-hydrogen) atoms. The van der Waals surface area contributed by atoms with Gasteiger partial charge in [0.25, 0.3) is 0 Å². The van der Waals surface area contributed by atoms with Gasteiger partial charge in [-0.2, -0.15) is 30.7 Å². The number of phenols is 1. The van der Waals surface area contributed by atoms with Crippen molar-refractivity contribution < 1.29 is 45.0 Å². The van der Waals surface area contributed by atoms with Crippen LogP contribution < -0.4 is 0 Å². The molecule has 0 unspecified atom stereocenters. The molecule has 180 valence electrons. The largest absolute Gasteiger partial charge is 0.505 e. The Morgan fingerprint density at radius 1 is 0.875 bits per heavy atom. The van der Waals surface area contributed by atoms with E-state index in [0.29, 0.717) is 37.7 Å². The third kappa shape index (κ3) is 3.00. The number of hydrogen-bond acceptors (Lipinski definition) is 2. The van der Waals surface area contributed by atoms with Crippen molar-refractivity contribution in [2.45, 2.75) is 81.8 Å². The van der Waals surface area contributed by atoms with Gasteiger partial charge in [-0.15, -0.1) is 0 Å². The number of aromatic hydroxyl groups is 1. The molecule has 2 bridgehead atoms. The minimum Gasteiger partial charge on any atom is -0.505 e. The fraction of sp³-hybridized carbons (Fsp3) is 0.727. The van der Waals surface area contributed by atoms with Gasteiger partial charge in [-0.1, -0.05) is 19.8 Å². The Labute approximate surface area is 179 Å². The highest BCUT2D eigenvalue weighted by molar-refractivity contribution is 5.32. The van der Waals surface area contributed by atoms with E-state index in [2.05, 4.69) is 4.74 Å². The smallest absolute Gasteiger partial charge is 0.387 e. The average molecular weight is 472 g/mol. The van der Waals surface area contributed by atoms with Crippen LogP contribution in [0.1, 0.15) is 63.9 Å². The summed E-state index contributed by atoms with van der Waals surface area (Å²) in [7, 11) is 0. The first-order valence-electron chi connectivity index (χ1n) is 10.7. The first-order chi connectivity index (χ1) is 14.7. The molecule has 1 aromatic carbocycles. The van der Waals surface area contributed by atoms with Crippen LogP contribution in [0.5, 0.6) is 5.75 Å². The van der Waals surface area contributed by atoms with Gasteiger partial charge in [-0.25, -0.2) is 4.39 Å². The number of halogens is 8. The highest BCUT2D eigenvalue weighted by Crippen LogP contribution is 2.72. The summed E-state index contributed by atoms with van der Waals surface area (Å²) in [4.78, 5) is 0. The Balaban J connectivity index is 1.68. The van der Waals surface area contributed by atoms with Crippen LogP contribution in [0.15, 0.2) is 12.1 Å².